The number of thiazole rings is 1. The molecule has 0 radical (unpaired) electrons. The van der Waals surface area contributed by atoms with Crippen LogP contribution in [-0.2, 0) is 31.7 Å². The van der Waals surface area contributed by atoms with E-state index in [1.807, 2.05) is 65.8 Å². The van der Waals surface area contributed by atoms with Gasteiger partial charge in [0.15, 0.2) is 0 Å². The number of nitriles is 1. The van der Waals surface area contributed by atoms with E-state index in [-0.39, 0.29) is 43.9 Å². The van der Waals surface area contributed by atoms with Crippen molar-refractivity contribution in [3.63, 3.8) is 0 Å². The molecule has 3 aromatic carbocycles. The van der Waals surface area contributed by atoms with Gasteiger partial charge in [0, 0.05) is 41.8 Å². The lowest BCUT2D eigenvalue weighted by Crippen LogP contribution is -2.74. The molecule has 2 aromatic heterocycles. The fourth-order valence-corrected chi connectivity index (χ4v) is 10.8. The maximum absolute atomic E-state index is 14.1. The summed E-state index contributed by atoms with van der Waals surface area (Å²) in [6.07, 6.45) is -4.16. The Morgan fingerprint density at radius 1 is 0.986 bits per heavy atom. The van der Waals surface area contributed by atoms with E-state index in [2.05, 4.69) is 31.2 Å². The van der Waals surface area contributed by atoms with E-state index in [9.17, 15) is 42.7 Å². The lowest BCUT2D eigenvalue weighted by Gasteiger charge is -2.63. The smallest absolute Gasteiger partial charge is 0.417 e. The summed E-state index contributed by atoms with van der Waals surface area (Å²) in [5.41, 5.74) is 2.51. The van der Waals surface area contributed by atoms with Crippen molar-refractivity contribution in [1.82, 2.24) is 40.8 Å². The second-order valence-electron chi connectivity index (χ2n) is 20.7. The van der Waals surface area contributed by atoms with E-state index < -0.39 is 81.6 Å². The lowest BCUT2D eigenvalue weighted by molar-refractivity contribution is -0.164. The number of nitrogens with zero attached hydrogens (tertiary/aromatic N) is 6. The number of benzene rings is 3. The van der Waals surface area contributed by atoms with E-state index in [1.165, 1.54) is 15.6 Å². The molecule has 2 aliphatic rings. The average molecular weight is 1010 g/mol. The molecule has 0 bridgehead atoms. The van der Waals surface area contributed by atoms with E-state index in [4.69, 9.17) is 9.47 Å². The minimum atomic E-state index is -4.73. The number of carbonyl (C=O) groups is 4. The van der Waals surface area contributed by atoms with Gasteiger partial charge in [0.05, 0.1) is 69.6 Å². The number of carbonyl (C=O) groups excluding carboxylic acids is 4. The van der Waals surface area contributed by atoms with E-state index in [0.717, 1.165) is 33.8 Å². The van der Waals surface area contributed by atoms with Crippen molar-refractivity contribution >= 4 is 35.0 Å². The van der Waals surface area contributed by atoms with Crippen LogP contribution in [-0.4, -0.2) is 104 Å². The topological polar surface area (TPSA) is 214 Å². The normalized spacial score (nSPS) is 20.1. The van der Waals surface area contributed by atoms with Crippen molar-refractivity contribution < 1.29 is 46.9 Å². The Kier molecular flexibility index (Phi) is 15.3. The highest BCUT2D eigenvalue weighted by atomic mass is 32.1. The zero-order valence-corrected chi connectivity index (χ0v) is 42.4. The van der Waals surface area contributed by atoms with Crippen LogP contribution in [0.3, 0.4) is 0 Å². The summed E-state index contributed by atoms with van der Waals surface area (Å²) in [6, 6.07) is 16.6. The van der Waals surface area contributed by atoms with Gasteiger partial charge in [-0.1, -0.05) is 77.9 Å². The Morgan fingerprint density at radius 3 is 2.28 bits per heavy atom. The third-order valence-corrected chi connectivity index (χ3v) is 14.5. The summed E-state index contributed by atoms with van der Waals surface area (Å²) < 4.78 is 54.2. The van der Waals surface area contributed by atoms with Gasteiger partial charge in [0.25, 0.3) is 5.91 Å². The zero-order chi connectivity index (χ0) is 52.5. The highest BCUT2D eigenvalue weighted by molar-refractivity contribution is 7.13. The maximum atomic E-state index is 14.1. The Bertz CT molecular complexity index is 2820. The van der Waals surface area contributed by atoms with Gasteiger partial charge in [-0.2, -0.15) is 18.4 Å². The van der Waals surface area contributed by atoms with Gasteiger partial charge < -0.3 is 35.4 Å². The average Bonchev–Trinajstić information content (AvgIpc) is 4.09. The van der Waals surface area contributed by atoms with Crippen LogP contribution in [0.25, 0.3) is 16.1 Å². The number of hydrogen-bond acceptors (Lipinski definition) is 12. The molecule has 72 heavy (non-hydrogen) atoms. The van der Waals surface area contributed by atoms with Crippen LogP contribution in [0.2, 0.25) is 0 Å². The van der Waals surface area contributed by atoms with Crippen LogP contribution in [0, 0.1) is 34.5 Å². The number of hydrogen-bond donors (Lipinski definition) is 4. The number of rotatable bonds is 16. The predicted molar refractivity (Wildman–Crippen MR) is 262 cm³/mol. The van der Waals surface area contributed by atoms with E-state index in [0.29, 0.717) is 23.4 Å². The summed E-state index contributed by atoms with van der Waals surface area (Å²) in [5.74, 6) is -1.80. The fraction of sp³-hybridized carbons (Fsp3) is 0.462. The molecule has 7 rings (SSSR count). The second kappa shape index (κ2) is 20.8. The SMILES string of the molecule is Cc1ncsc1-c1ccc([C@H](C)NC(=O)[C@@H]2C[C@@H](O)CN2C(=O)C(NC(=O)COCCc2cn(-c3ccc(C(=O)NC4C(C)(C)C(Oc5ccc(C#N)c(C(F)(F)F)c5)C4(C)C)cc3)nn2)C(C)(C)C)cc1. The number of ether oxygens (including phenoxy) is 2. The van der Waals surface area contributed by atoms with Crippen LogP contribution in [0.1, 0.15) is 106 Å². The standard InChI is InChI=1S/C52H60F3N9O7S/c1-29(31-10-12-32(13-11-31)42-30(2)57-28-72-42)58-45(68)40-22-37(65)26-63(40)46(69)43(49(3,4)5)59-41(66)27-70-21-20-35-25-64(62-61-35)36-17-14-33(15-18-36)44(67)60-47-50(6,7)48(51(47,8)9)71-38-19-16-34(24-56)39(23-38)52(53,54)55/h10-19,23,25,28-29,37,40,43,47-48,65H,20-22,26-27H2,1-9H3,(H,58,68)(H,59,66)(H,60,67)/t29-,37+,40-,43?,47?,48?/m0/s1. The largest absolute Gasteiger partial charge is 0.489 e. The Hall–Kier alpha value is -6.69. The molecule has 2 fully saturated rings. The minimum Gasteiger partial charge on any atom is -0.489 e. The molecule has 16 nitrogen and oxygen atoms in total. The summed E-state index contributed by atoms with van der Waals surface area (Å²) in [7, 11) is 0. The molecule has 1 aliphatic heterocycles. The number of amides is 4. The predicted octanol–water partition coefficient (Wildman–Crippen LogP) is 7.13. The van der Waals surface area contributed by atoms with E-state index in [1.54, 1.807) is 74.2 Å². The molecule has 4 amide bonds. The van der Waals surface area contributed by atoms with Gasteiger partial charge in [-0.15, -0.1) is 16.4 Å². The van der Waals surface area contributed by atoms with Crippen molar-refractivity contribution in [2.75, 3.05) is 19.8 Å². The second-order valence-corrected chi connectivity index (χ2v) is 21.6. The number of halogens is 3. The molecular formula is C52H60F3N9O7S. The van der Waals surface area contributed by atoms with Crippen LogP contribution >= 0.6 is 11.3 Å². The minimum absolute atomic E-state index is 0.0224. The van der Waals surface area contributed by atoms with Crippen LogP contribution in [0.5, 0.6) is 5.75 Å². The number of likely N-dealkylation sites (tertiary alicyclic amines) is 1. The van der Waals surface area contributed by atoms with E-state index >= 15 is 0 Å². The number of aryl methyl sites for hydroxylation is 1. The quantitative estimate of drug-likeness (QED) is 0.0730. The molecule has 382 valence electrons. The first-order valence-electron chi connectivity index (χ1n) is 23.6. The van der Waals surface area contributed by atoms with Crippen molar-refractivity contribution in [3.8, 4) is 27.9 Å². The van der Waals surface area contributed by atoms with Crippen molar-refractivity contribution in [1.29, 1.82) is 5.26 Å². The van der Waals surface area contributed by atoms with Crippen molar-refractivity contribution in [2.45, 2.75) is 118 Å². The zero-order valence-electron chi connectivity index (χ0n) is 41.6. The van der Waals surface area contributed by atoms with Gasteiger partial charge in [-0.05, 0) is 72.9 Å². The molecule has 1 aliphatic carbocycles. The van der Waals surface area contributed by atoms with Gasteiger partial charge >= 0.3 is 6.18 Å². The molecular weight excluding hydrogens is 952 g/mol. The number of aliphatic hydroxyl groups is 1. The number of aromatic nitrogens is 4. The first-order valence-corrected chi connectivity index (χ1v) is 24.4. The number of alkyl halides is 3. The Morgan fingerprint density at radius 2 is 1.67 bits per heavy atom. The van der Waals surface area contributed by atoms with Crippen LogP contribution in [0.4, 0.5) is 13.2 Å². The van der Waals surface area contributed by atoms with Gasteiger partial charge in [0.1, 0.15) is 30.5 Å². The third-order valence-electron chi connectivity index (χ3n) is 13.5. The molecule has 4 N–H and O–H groups in total. The Balaban J connectivity index is 0.876. The van der Waals surface area contributed by atoms with Crippen molar-refractivity contribution in [3.05, 3.63) is 112 Å². The molecule has 3 heterocycles. The number of aliphatic hydroxyl groups excluding tert-OH is 1. The van der Waals surface area contributed by atoms with Crippen molar-refractivity contribution in [2.24, 2.45) is 16.2 Å². The third kappa shape index (κ3) is 11.5. The number of nitrogens with one attached hydrogen (secondary N) is 3. The molecule has 1 saturated carbocycles. The monoisotopic (exact) mass is 1010 g/mol. The highest BCUT2D eigenvalue weighted by Gasteiger charge is 2.64. The summed E-state index contributed by atoms with van der Waals surface area (Å²) >= 11 is 1.56. The molecule has 0 spiro atoms. The van der Waals surface area contributed by atoms with Gasteiger partial charge in [-0.3, -0.25) is 19.2 Å². The van der Waals surface area contributed by atoms with Gasteiger partial charge in [-0.25, -0.2) is 9.67 Å². The molecule has 5 aromatic rings. The van der Waals surface area contributed by atoms with Crippen LogP contribution < -0.4 is 20.7 Å². The first-order chi connectivity index (χ1) is 33.8. The summed E-state index contributed by atoms with van der Waals surface area (Å²) in [6.45, 7) is 16.4. The fourth-order valence-electron chi connectivity index (χ4n) is 9.94. The summed E-state index contributed by atoms with van der Waals surface area (Å²) in [5, 5.41) is 37.1. The van der Waals surface area contributed by atoms with Crippen LogP contribution in [0.15, 0.2) is 78.4 Å². The number of β-amino-alcohol motifs (C(OH)–C–C–N with tert-alkyl or cyclic N) is 1. The Labute approximate surface area is 420 Å². The maximum Gasteiger partial charge on any atom is 0.417 e. The molecule has 20 heteroatoms. The lowest BCUT2D eigenvalue weighted by atomic mass is 9.49. The molecule has 4 atom stereocenters. The first kappa shape index (κ1) is 53.1. The summed E-state index contributed by atoms with van der Waals surface area (Å²) in [4.78, 5) is 61.3. The molecule has 1 unspecified atom stereocenters. The molecule has 1 saturated heterocycles. The highest BCUT2D eigenvalue weighted by Crippen LogP contribution is 2.56. The van der Waals surface area contributed by atoms with Gasteiger partial charge in [0.2, 0.25) is 17.7 Å².